The number of hydrogen-bond acceptors (Lipinski definition) is 5. The molecule has 1 aliphatic heterocycles. The Morgan fingerprint density at radius 1 is 1.26 bits per heavy atom. The second-order valence-corrected chi connectivity index (χ2v) is 5.30. The third kappa shape index (κ3) is 5.64. The first kappa shape index (κ1) is 21.6. The van der Waals surface area contributed by atoms with Crippen LogP contribution in [0, 0.1) is 0 Å². The van der Waals surface area contributed by atoms with E-state index in [4.69, 9.17) is 15.2 Å². The van der Waals surface area contributed by atoms with Gasteiger partial charge in [-0.15, -0.1) is 24.8 Å². The zero-order valence-corrected chi connectivity index (χ0v) is 15.2. The maximum atomic E-state index is 11.6. The van der Waals surface area contributed by atoms with Crippen LogP contribution in [0.2, 0.25) is 0 Å². The summed E-state index contributed by atoms with van der Waals surface area (Å²) in [6.45, 7) is 3.32. The number of anilines is 1. The molecule has 0 spiro atoms. The molecule has 3 N–H and O–H groups in total. The lowest BCUT2D eigenvalue weighted by atomic mass is 10.2. The maximum Gasteiger partial charge on any atom is 0.236 e. The topological polar surface area (TPSA) is 76.8 Å². The summed E-state index contributed by atoms with van der Waals surface area (Å²) in [6.07, 6.45) is 0.901. The van der Waals surface area contributed by atoms with Crippen LogP contribution in [0.25, 0.3) is 0 Å². The lowest BCUT2D eigenvalue weighted by molar-refractivity contribution is -0.122. The van der Waals surface area contributed by atoms with Crippen molar-refractivity contribution < 1.29 is 14.3 Å². The number of amides is 1. The average Bonchev–Trinajstić information content (AvgIpc) is 2.95. The highest BCUT2D eigenvalue weighted by molar-refractivity contribution is 5.85. The molecule has 0 saturated carbocycles. The van der Waals surface area contributed by atoms with Crippen molar-refractivity contribution in [3.05, 3.63) is 18.2 Å². The van der Waals surface area contributed by atoms with Gasteiger partial charge in [-0.1, -0.05) is 0 Å². The number of halogens is 2. The highest BCUT2D eigenvalue weighted by atomic mass is 35.5. The monoisotopic (exact) mass is 365 g/mol. The van der Waals surface area contributed by atoms with Crippen molar-refractivity contribution in [3.8, 4) is 11.5 Å². The van der Waals surface area contributed by atoms with Crippen molar-refractivity contribution in [1.82, 2.24) is 5.32 Å². The number of ether oxygens (including phenoxy) is 2. The molecule has 0 radical (unpaired) electrons. The molecule has 0 aliphatic carbocycles. The molecule has 2 atom stereocenters. The predicted molar refractivity (Wildman–Crippen MR) is 96.5 cm³/mol. The molecule has 1 saturated heterocycles. The van der Waals surface area contributed by atoms with Crippen LogP contribution in [0.15, 0.2) is 18.2 Å². The molecule has 1 unspecified atom stereocenters. The molecule has 23 heavy (non-hydrogen) atoms. The Kier molecular flexibility index (Phi) is 9.12. The fourth-order valence-electron chi connectivity index (χ4n) is 2.42. The van der Waals surface area contributed by atoms with Crippen molar-refractivity contribution in [1.29, 1.82) is 0 Å². The molecular weight excluding hydrogens is 341 g/mol. The SMILES string of the molecule is COc1cc(OC)cc(N2CCC(NC(=O)[C@@H](C)N)C2)c1.Cl.Cl. The fourth-order valence-corrected chi connectivity index (χ4v) is 2.42. The first-order chi connectivity index (χ1) is 10.0. The van der Waals surface area contributed by atoms with E-state index in [9.17, 15) is 4.79 Å². The Labute approximate surface area is 149 Å². The summed E-state index contributed by atoms with van der Waals surface area (Å²) < 4.78 is 10.6. The van der Waals surface area contributed by atoms with E-state index < -0.39 is 6.04 Å². The largest absolute Gasteiger partial charge is 0.497 e. The predicted octanol–water partition coefficient (Wildman–Crippen LogP) is 1.59. The van der Waals surface area contributed by atoms with Crippen LogP contribution in [0.1, 0.15) is 13.3 Å². The van der Waals surface area contributed by atoms with Crippen molar-refractivity contribution in [2.24, 2.45) is 5.73 Å². The van der Waals surface area contributed by atoms with Gasteiger partial charge in [-0.3, -0.25) is 4.79 Å². The fraction of sp³-hybridized carbons (Fsp3) is 0.533. The molecule has 132 valence electrons. The molecule has 1 aliphatic rings. The van der Waals surface area contributed by atoms with E-state index in [1.54, 1.807) is 21.1 Å². The Morgan fingerprint density at radius 2 is 1.83 bits per heavy atom. The molecular formula is C15H25Cl2N3O3. The van der Waals surface area contributed by atoms with Crippen molar-refractivity contribution in [2.75, 3.05) is 32.2 Å². The molecule has 1 heterocycles. The summed E-state index contributed by atoms with van der Waals surface area (Å²) in [5.41, 5.74) is 6.61. The number of methoxy groups -OCH3 is 2. The standard InChI is InChI=1S/C15H23N3O3.2ClH/c1-10(16)15(19)17-11-4-5-18(9-11)12-6-13(20-2)8-14(7-12)21-3;;/h6-8,10-11H,4-5,9,16H2,1-3H3,(H,17,19);2*1H/t10-,11?;;/m1../s1. The Hall–Kier alpha value is -1.37. The Balaban J connectivity index is 0.00000242. The quantitative estimate of drug-likeness (QED) is 0.828. The number of benzene rings is 1. The number of rotatable bonds is 5. The third-order valence-corrected chi connectivity index (χ3v) is 3.65. The van der Waals surface area contributed by atoms with Crippen LogP contribution in [0.5, 0.6) is 11.5 Å². The normalized spacial score (nSPS) is 17.6. The minimum atomic E-state index is -0.476. The van der Waals surface area contributed by atoms with E-state index in [1.807, 2.05) is 18.2 Å². The summed E-state index contributed by atoms with van der Waals surface area (Å²) in [5, 5.41) is 2.97. The highest BCUT2D eigenvalue weighted by Gasteiger charge is 2.25. The van der Waals surface area contributed by atoms with Crippen LogP contribution in [0.3, 0.4) is 0 Å². The summed E-state index contributed by atoms with van der Waals surface area (Å²) in [6, 6.07) is 5.43. The number of nitrogens with one attached hydrogen (secondary N) is 1. The van der Waals surface area contributed by atoms with E-state index in [0.29, 0.717) is 0 Å². The second-order valence-electron chi connectivity index (χ2n) is 5.30. The molecule has 0 bridgehead atoms. The van der Waals surface area contributed by atoms with Gasteiger partial charge in [0.05, 0.1) is 20.3 Å². The van der Waals surface area contributed by atoms with E-state index in [-0.39, 0.29) is 36.8 Å². The minimum absolute atomic E-state index is 0. The van der Waals surface area contributed by atoms with Crippen molar-refractivity contribution in [2.45, 2.75) is 25.4 Å². The van der Waals surface area contributed by atoms with E-state index >= 15 is 0 Å². The van der Waals surface area contributed by atoms with Crippen LogP contribution >= 0.6 is 24.8 Å². The lowest BCUT2D eigenvalue weighted by Crippen LogP contribution is -2.44. The Morgan fingerprint density at radius 3 is 2.30 bits per heavy atom. The number of carbonyl (C=O) groups is 1. The van der Waals surface area contributed by atoms with Gasteiger partial charge in [0.1, 0.15) is 11.5 Å². The van der Waals surface area contributed by atoms with Gasteiger partial charge in [-0.05, 0) is 13.3 Å². The van der Waals surface area contributed by atoms with Gasteiger partial charge < -0.3 is 25.4 Å². The summed E-state index contributed by atoms with van der Waals surface area (Å²) in [7, 11) is 3.27. The average molecular weight is 366 g/mol. The molecule has 1 fully saturated rings. The molecule has 2 rings (SSSR count). The van der Waals surface area contributed by atoms with Gasteiger partial charge in [0.25, 0.3) is 0 Å². The van der Waals surface area contributed by atoms with Crippen LogP contribution < -0.4 is 25.4 Å². The summed E-state index contributed by atoms with van der Waals surface area (Å²) in [4.78, 5) is 13.9. The molecule has 0 aromatic heterocycles. The zero-order chi connectivity index (χ0) is 15.4. The third-order valence-electron chi connectivity index (χ3n) is 3.65. The molecule has 1 aromatic rings. The zero-order valence-electron chi connectivity index (χ0n) is 13.6. The van der Waals surface area contributed by atoms with Gasteiger partial charge in [0.15, 0.2) is 0 Å². The molecule has 1 aromatic carbocycles. The molecule has 6 nitrogen and oxygen atoms in total. The smallest absolute Gasteiger partial charge is 0.236 e. The van der Waals surface area contributed by atoms with Crippen LogP contribution in [-0.2, 0) is 4.79 Å². The number of nitrogens with two attached hydrogens (primary N) is 1. The minimum Gasteiger partial charge on any atom is -0.497 e. The first-order valence-electron chi connectivity index (χ1n) is 7.07. The van der Waals surface area contributed by atoms with Crippen LogP contribution in [-0.4, -0.2) is 45.3 Å². The van der Waals surface area contributed by atoms with E-state index in [1.165, 1.54) is 0 Å². The highest BCUT2D eigenvalue weighted by Crippen LogP contribution is 2.30. The lowest BCUT2D eigenvalue weighted by Gasteiger charge is -2.21. The number of hydrogen-bond donors (Lipinski definition) is 2. The van der Waals surface area contributed by atoms with Gasteiger partial charge >= 0.3 is 0 Å². The van der Waals surface area contributed by atoms with Gasteiger partial charge in [0.2, 0.25) is 5.91 Å². The summed E-state index contributed by atoms with van der Waals surface area (Å²) >= 11 is 0. The number of carbonyl (C=O) groups excluding carboxylic acids is 1. The molecule has 8 heteroatoms. The van der Waals surface area contributed by atoms with E-state index in [2.05, 4.69) is 10.2 Å². The van der Waals surface area contributed by atoms with Gasteiger partial charge in [-0.25, -0.2) is 0 Å². The van der Waals surface area contributed by atoms with E-state index in [0.717, 1.165) is 36.7 Å². The first-order valence-corrected chi connectivity index (χ1v) is 7.07. The Bertz CT molecular complexity index is 492. The van der Waals surface area contributed by atoms with Gasteiger partial charge in [0, 0.05) is 43.0 Å². The molecule has 1 amide bonds. The van der Waals surface area contributed by atoms with Gasteiger partial charge in [-0.2, -0.15) is 0 Å². The summed E-state index contributed by atoms with van der Waals surface area (Å²) in [5.74, 6) is 1.41. The van der Waals surface area contributed by atoms with Crippen molar-refractivity contribution >= 4 is 36.4 Å². The number of nitrogens with zero attached hydrogens (tertiary/aromatic N) is 1. The van der Waals surface area contributed by atoms with Crippen LogP contribution in [0.4, 0.5) is 5.69 Å². The maximum absolute atomic E-state index is 11.6. The second kappa shape index (κ2) is 9.70. The van der Waals surface area contributed by atoms with Crippen molar-refractivity contribution in [3.63, 3.8) is 0 Å².